The van der Waals surface area contributed by atoms with E-state index in [4.69, 9.17) is 0 Å². The summed E-state index contributed by atoms with van der Waals surface area (Å²) in [5, 5.41) is 8.09. The van der Waals surface area contributed by atoms with E-state index in [-0.39, 0.29) is 11.8 Å². The van der Waals surface area contributed by atoms with Gasteiger partial charge in [-0.1, -0.05) is 17.3 Å². The number of hydrogen-bond acceptors (Lipinski definition) is 4. The maximum absolute atomic E-state index is 11.9. The van der Waals surface area contributed by atoms with E-state index in [0.717, 1.165) is 31.4 Å². The highest BCUT2D eigenvalue weighted by atomic mass is 32.2. The summed E-state index contributed by atoms with van der Waals surface area (Å²) >= 11 is 0. The molecule has 23 heavy (non-hydrogen) atoms. The highest BCUT2D eigenvalue weighted by Gasteiger charge is 2.35. The number of nitrogens with zero attached hydrogens (tertiary/aromatic N) is 3. The van der Waals surface area contributed by atoms with Crippen molar-refractivity contribution in [3.05, 3.63) is 41.2 Å². The van der Waals surface area contributed by atoms with Crippen LogP contribution in [0.4, 0.5) is 0 Å². The normalized spacial score (nSPS) is 17.9. The number of sulfonamides is 1. The van der Waals surface area contributed by atoms with E-state index in [1.807, 2.05) is 6.20 Å². The molecular formula is C16H20N4O2S. The van der Waals surface area contributed by atoms with Crippen LogP contribution >= 0.6 is 0 Å². The van der Waals surface area contributed by atoms with Gasteiger partial charge >= 0.3 is 0 Å². The fourth-order valence-corrected chi connectivity index (χ4v) is 4.49. The maximum Gasteiger partial charge on any atom is 0.214 e. The lowest BCUT2D eigenvalue weighted by atomic mass is 9.90. The molecule has 2 aromatic rings. The minimum absolute atomic E-state index is 0.202. The molecule has 1 N–H and O–H groups in total. The number of fused-ring (bicyclic) bond motifs is 1. The third kappa shape index (κ3) is 3.03. The van der Waals surface area contributed by atoms with Crippen molar-refractivity contribution in [2.24, 2.45) is 0 Å². The third-order valence-corrected chi connectivity index (χ3v) is 6.47. The van der Waals surface area contributed by atoms with E-state index < -0.39 is 10.0 Å². The van der Waals surface area contributed by atoms with Crippen molar-refractivity contribution in [1.29, 1.82) is 0 Å². The lowest BCUT2D eigenvalue weighted by molar-refractivity contribution is 0.579. The average molecular weight is 332 g/mol. The monoisotopic (exact) mass is 332 g/mol. The Morgan fingerprint density at radius 3 is 2.87 bits per heavy atom. The lowest BCUT2D eigenvalue weighted by Gasteiger charge is -2.18. The average Bonchev–Trinajstić information content (AvgIpc) is 3.33. The molecule has 0 saturated heterocycles. The van der Waals surface area contributed by atoms with Gasteiger partial charge in [-0.25, -0.2) is 17.8 Å². The molecular weight excluding hydrogens is 312 g/mol. The number of aromatic nitrogens is 3. The number of benzene rings is 1. The van der Waals surface area contributed by atoms with Gasteiger partial charge in [-0.15, -0.1) is 5.10 Å². The van der Waals surface area contributed by atoms with Crippen molar-refractivity contribution < 1.29 is 8.42 Å². The van der Waals surface area contributed by atoms with Gasteiger partial charge in [-0.2, -0.15) is 0 Å². The van der Waals surface area contributed by atoms with Crippen LogP contribution in [0, 0.1) is 0 Å². The van der Waals surface area contributed by atoms with Crippen LogP contribution in [-0.2, 0) is 29.4 Å². The molecule has 2 aliphatic rings. The maximum atomic E-state index is 11.9. The van der Waals surface area contributed by atoms with E-state index in [9.17, 15) is 8.42 Å². The fourth-order valence-electron chi connectivity index (χ4n) is 3.14. The second kappa shape index (κ2) is 5.72. The summed E-state index contributed by atoms with van der Waals surface area (Å²) in [5.74, 6) is 0. The van der Waals surface area contributed by atoms with Crippen molar-refractivity contribution >= 4 is 10.0 Å². The van der Waals surface area contributed by atoms with Gasteiger partial charge in [0.2, 0.25) is 10.0 Å². The molecule has 2 aliphatic carbocycles. The van der Waals surface area contributed by atoms with Crippen LogP contribution in [0.15, 0.2) is 24.4 Å². The third-order valence-electron chi connectivity index (χ3n) is 4.58. The van der Waals surface area contributed by atoms with E-state index in [2.05, 4.69) is 33.2 Å². The first kappa shape index (κ1) is 14.8. The fraction of sp³-hybridized carbons (Fsp3) is 0.500. The molecule has 7 heteroatoms. The summed E-state index contributed by atoms with van der Waals surface area (Å²) in [4.78, 5) is 0. The van der Waals surface area contributed by atoms with Crippen molar-refractivity contribution in [3.8, 4) is 5.69 Å². The second-order valence-electron chi connectivity index (χ2n) is 6.34. The molecule has 0 bridgehead atoms. The Bertz CT molecular complexity index is 824. The molecule has 1 aromatic heterocycles. The van der Waals surface area contributed by atoms with Gasteiger partial charge in [0.1, 0.15) is 0 Å². The van der Waals surface area contributed by atoms with Crippen molar-refractivity contribution in [2.75, 3.05) is 0 Å². The second-order valence-corrected chi connectivity index (χ2v) is 8.39. The Morgan fingerprint density at radius 1 is 1.22 bits per heavy atom. The number of rotatable bonds is 5. The van der Waals surface area contributed by atoms with Crippen molar-refractivity contribution in [3.63, 3.8) is 0 Å². The Balaban J connectivity index is 1.54. The van der Waals surface area contributed by atoms with E-state index in [0.29, 0.717) is 5.69 Å². The minimum Gasteiger partial charge on any atom is -0.220 e. The van der Waals surface area contributed by atoms with E-state index in [1.54, 1.807) is 4.68 Å². The van der Waals surface area contributed by atoms with Gasteiger partial charge in [0, 0.05) is 0 Å². The summed E-state index contributed by atoms with van der Waals surface area (Å²) in [6.07, 6.45) is 7.96. The smallest absolute Gasteiger partial charge is 0.214 e. The molecule has 0 aliphatic heterocycles. The first-order valence-electron chi connectivity index (χ1n) is 8.14. The SMILES string of the molecule is O=S(=O)(NCc1cn(-c2cccc3c2CCCC3)nn1)C1CC1. The summed E-state index contributed by atoms with van der Waals surface area (Å²) in [6, 6.07) is 6.28. The molecule has 0 radical (unpaired) electrons. The van der Waals surface area contributed by atoms with Crippen LogP contribution in [0.2, 0.25) is 0 Å². The van der Waals surface area contributed by atoms with Gasteiger partial charge in [-0.3, -0.25) is 0 Å². The summed E-state index contributed by atoms with van der Waals surface area (Å²) in [5.41, 5.74) is 4.43. The Hall–Kier alpha value is -1.73. The van der Waals surface area contributed by atoms with Gasteiger partial charge in [0.15, 0.2) is 0 Å². The zero-order valence-electron chi connectivity index (χ0n) is 12.9. The molecule has 0 unspecified atom stereocenters. The minimum atomic E-state index is -3.18. The lowest BCUT2D eigenvalue weighted by Crippen LogP contribution is -2.26. The molecule has 0 atom stereocenters. The predicted octanol–water partition coefficient (Wildman–Crippen LogP) is 1.73. The highest BCUT2D eigenvalue weighted by Crippen LogP contribution is 2.28. The van der Waals surface area contributed by atoms with Crippen LogP contribution in [0.1, 0.15) is 42.5 Å². The summed E-state index contributed by atoms with van der Waals surface area (Å²) < 4.78 is 28.1. The van der Waals surface area contributed by atoms with Crippen LogP contribution in [-0.4, -0.2) is 28.7 Å². The zero-order chi connectivity index (χ0) is 15.9. The molecule has 1 saturated carbocycles. The first-order valence-corrected chi connectivity index (χ1v) is 9.69. The van der Waals surface area contributed by atoms with Gasteiger partial charge in [0.25, 0.3) is 0 Å². The van der Waals surface area contributed by atoms with E-state index in [1.165, 1.54) is 24.0 Å². The zero-order valence-corrected chi connectivity index (χ0v) is 13.7. The quantitative estimate of drug-likeness (QED) is 0.904. The van der Waals surface area contributed by atoms with Gasteiger partial charge in [-0.05, 0) is 55.7 Å². The number of nitrogens with one attached hydrogen (secondary N) is 1. The van der Waals surface area contributed by atoms with Gasteiger partial charge < -0.3 is 0 Å². The van der Waals surface area contributed by atoms with Crippen molar-refractivity contribution in [2.45, 2.75) is 50.3 Å². The molecule has 122 valence electrons. The largest absolute Gasteiger partial charge is 0.220 e. The Morgan fingerprint density at radius 2 is 2.04 bits per heavy atom. The number of aryl methyl sites for hydroxylation is 1. The van der Waals surface area contributed by atoms with Crippen LogP contribution < -0.4 is 4.72 Å². The van der Waals surface area contributed by atoms with Gasteiger partial charge in [0.05, 0.1) is 29.4 Å². The summed E-state index contributed by atoms with van der Waals surface area (Å²) in [7, 11) is -3.18. The molecule has 1 heterocycles. The topological polar surface area (TPSA) is 76.9 Å². The summed E-state index contributed by atoms with van der Waals surface area (Å²) in [6.45, 7) is 0.202. The molecule has 4 rings (SSSR count). The Kier molecular flexibility index (Phi) is 3.69. The number of hydrogen-bond donors (Lipinski definition) is 1. The predicted molar refractivity (Wildman–Crippen MR) is 86.8 cm³/mol. The van der Waals surface area contributed by atoms with Crippen molar-refractivity contribution in [1.82, 2.24) is 19.7 Å². The standard InChI is InChI=1S/C16H20N4O2S/c21-23(22,14-8-9-14)17-10-13-11-20(19-18-13)16-7-3-5-12-4-1-2-6-15(12)16/h3,5,7,11,14,17H,1-2,4,6,8-10H2. The molecule has 1 fully saturated rings. The molecule has 1 aromatic carbocycles. The highest BCUT2D eigenvalue weighted by molar-refractivity contribution is 7.90. The molecule has 0 amide bonds. The van der Waals surface area contributed by atoms with Crippen LogP contribution in [0.5, 0.6) is 0 Å². The molecule has 6 nitrogen and oxygen atoms in total. The first-order chi connectivity index (χ1) is 11.1. The van der Waals surface area contributed by atoms with Crippen LogP contribution in [0.3, 0.4) is 0 Å². The van der Waals surface area contributed by atoms with Crippen LogP contribution in [0.25, 0.3) is 5.69 Å². The van der Waals surface area contributed by atoms with E-state index >= 15 is 0 Å². The Labute approximate surface area is 136 Å². The molecule has 0 spiro atoms.